The van der Waals surface area contributed by atoms with E-state index in [1.54, 1.807) is 11.3 Å². The van der Waals surface area contributed by atoms with E-state index in [0.717, 1.165) is 23.9 Å². The van der Waals surface area contributed by atoms with Crippen LogP contribution in [0.2, 0.25) is 5.02 Å². The first-order chi connectivity index (χ1) is 12.0. The zero-order valence-corrected chi connectivity index (χ0v) is 15.8. The molecule has 1 saturated heterocycles. The van der Waals surface area contributed by atoms with Crippen LogP contribution in [0.3, 0.4) is 0 Å². The third-order valence-corrected chi connectivity index (χ3v) is 6.68. The van der Waals surface area contributed by atoms with Crippen molar-refractivity contribution < 1.29 is 8.42 Å². The second kappa shape index (κ2) is 7.70. The molecule has 0 spiro atoms. The Balaban J connectivity index is 1.59. The summed E-state index contributed by atoms with van der Waals surface area (Å²) >= 11 is 7.50. The third-order valence-electron chi connectivity index (χ3n) is 3.96. The Hall–Kier alpha value is -1.66. The molecule has 3 rings (SSSR count). The van der Waals surface area contributed by atoms with E-state index in [1.165, 1.54) is 31.0 Å². The first-order valence-corrected chi connectivity index (χ1v) is 10.6. The van der Waals surface area contributed by atoms with Gasteiger partial charge in [-0.2, -0.15) is 5.26 Å². The molecule has 1 aliphatic rings. The average molecular weight is 397 g/mol. The Kier molecular flexibility index (Phi) is 5.59. The molecule has 1 aliphatic heterocycles. The van der Waals surface area contributed by atoms with E-state index in [9.17, 15) is 8.42 Å². The lowest BCUT2D eigenvalue weighted by Crippen LogP contribution is -2.26. The molecule has 0 atom stereocenters. The van der Waals surface area contributed by atoms with Crippen molar-refractivity contribution in [1.29, 1.82) is 5.26 Å². The van der Waals surface area contributed by atoms with E-state index < -0.39 is 10.0 Å². The summed E-state index contributed by atoms with van der Waals surface area (Å²) in [5.41, 5.74) is 1.13. The molecule has 1 fully saturated rings. The van der Waals surface area contributed by atoms with Crippen molar-refractivity contribution in [2.45, 2.75) is 24.2 Å². The molecular formula is C16H17ClN4O2S2. The highest BCUT2D eigenvalue weighted by Gasteiger charge is 2.17. The predicted octanol–water partition coefficient (Wildman–Crippen LogP) is 2.79. The molecule has 0 bridgehead atoms. The van der Waals surface area contributed by atoms with Gasteiger partial charge in [-0.15, -0.1) is 11.3 Å². The minimum absolute atomic E-state index is 0.0486. The quantitative estimate of drug-likeness (QED) is 0.811. The molecule has 0 amide bonds. The topological polar surface area (TPSA) is 86.1 Å². The molecule has 25 heavy (non-hydrogen) atoms. The van der Waals surface area contributed by atoms with Gasteiger partial charge in [0.25, 0.3) is 0 Å². The van der Waals surface area contributed by atoms with E-state index >= 15 is 0 Å². The van der Waals surface area contributed by atoms with E-state index in [-0.39, 0.29) is 22.0 Å². The Labute approximate surface area is 156 Å². The molecule has 1 N–H and O–H groups in total. The number of benzene rings is 1. The van der Waals surface area contributed by atoms with Crippen molar-refractivity contribution in [2.24, 2.45) is 0 Å². The summed E-state index contributed by atoms with van der Waals surface area (Å²) in [6, 6.07) is 5.97. The van der Waals surface area contributed by atoms with Gasteiger partial charge in [-0.3, -0.25) is 0 Å². The summed E-state index contributed by atoms with van der Waals surface area (Å²) in [4.78, 5) is 6.88. The van der Waals surface area contributed by atoms with Crippen LogP contribution in [-0.4, -0.2) is 33.0 Å². The normalized spacial score (nSPS) is 14.6. The lowest BCUT2D eigenvalue weighted by Gasteiger charge is -2.12. The number of aromatic nitrogens is 1. The largest absolute Gasteiger partial charge is 0.348 e. The lowest BCUT2D eigenvalue weighted by atomic mass is 10.2. The van der Waals surface area contributed by atoms with Gasteiger partial charge in [0.2, 0.25) is 10.0 Å². The van der Waals surface area contributed by atoms with Crippen molar-refractivity contribution in [1.82, 2.24) is 9.71 Å². The van der Waals surface area contributed by atoms with Crippen LogP contribution in [0.5, 0.6) is 0 Å². The van der Waals surface area contributed by atoms with Crippen molar-refractivity contribution in [2.75, 3.05) is 24.5 Å². The van der Waals surface area contributed by atoms with Crippen LogP contribution < -0.4 is 9.62 Å². The molecular weight excluding hydrogens is 380 g/mol. The monoisotopic (exact) mass is 396 g/mol. The number of hydrogen-bond donors (Lipinski definition) is 1. The molecule has 0 saturated carbocycles. The molecule has 132 valence electrons. The van der Waals surface area contributed by atoms with E-state index in [2.05, 4.69) is 14.6 Å². The maximum atomic E-state index is 12.3. The fourth-order valence-corrected chi connectivity index (χ4v) is 4.87. The van der Waals surface area contributed by atoms with Crippen LogP contribution in [0.25, 0.3) is 0 Å². The lowest BCUT2D eigenvalue weighted by molar-refractivity contribution is 0.581. The Morgan fingerprint density at radius 3 is 2.80 bits per heavy atom. The Morgan fingerprint density at radius 2 is 2.12 bits per heavy atom. The second-order valence-corrected chi connectivity index (χ2v) is 8.73. The van der Waals surface area contributed by atoms with Gasteiger partial charge in [-0.1, -0.05) is 11.6 Å². The number of sulfonamides is 1. The minimum Gasteiger partial charge on any atom is -0.348 e. The fraction of sp³-hybridized carbons (Fsp3) is 0.375. The zero-order chi connectivity index (χ0) is 17.9. The second-order valence-electron chi connectivity index (χ2n) is 5.72. The smallest absolute Gasteiger partial charge is 0.240 e. The molecule has 2 aromatic rings. The number of thiazole rings is 1. The third kappa shape index (κ3) is 4.30. The van der Waals surface area contributed by atoms with Gasteiger partial charge >= 0.3 is 0 Å². The summed E-state index contributed by atoms with van der Waals surface area (Å²) < 4.78 is 27.2. The number of anilines is 1. The SMILES string of the molecule is N#Cc1ccc(S(=O)(=O)NCCc2csc(N3CCCC3)n2)cc1Cl. The van der Waals surface area contributed by atoms with Crippen LogP contribution in [0, 0.1) is 11.3 Å². The molecule has 1 aromatic heterocycles. The van der Waals surface area contributed by atoms with Crippen molar-refractivity contribution in [3.63, 3.8) is 0 Å². The maximum Gasteiger partial charge on any atom is 0.240 e. The molecule has 2 heterocycles. The molecule has 0 aliphatic carbocycles. The highest BCUT2D eigenvalue weighted by atomic mass is 35.5. The molecule has 6 nitrogen and oxygen atoms in total. The van der Waals surface area contributed by atoms with Gasteiger partial charge in [0.05, 0.1) is 21.2 Å². The van der Waals surface area contributed by atoms with Gasteiger partial charge in [-0.25, -0.2) is 18.1 Å². The minimum atomic E-state index is -3.67. The molecule has 1 aromatic carbocycles. The molecule has 9 heteroatoms. The van der Waals surface area contributed by atoms with Crippen molar-refractivity contribution in [3.05, 3.63) is 39.9 Å². The van der Waals surface area contributed by atoms with E-state index in [1.807, 2.05) is 11.4 Å². The first kappa shape index (κ1) is 18.1. The first-order valence-electron chi connectivity index (χ1n) is 7.88. The summed E-state index contributed by atoms with van der Waals surface area (Å²) in [5.74, 6) is 0. The summed E-state index contributed by atoms with van der Waals surface area (Å²) in [5, 5.41) is 12.0. The zero-order valence-electron chi connectivity index (χ0n) is 13.4. The highest BCUT2D eigenvalue weighted by Crippen LogP contribution is 2.24. The van der Waals surface area contributed by atoms with Crippen molar-refractivity contribution >= 4 is 38.1 Å². The van der Waals surface area contributed by atoms with Crippen LogP contribution >= 0.6 is 22.9 Å². The number of nitrogens with one attached hydrogen (secondary N) is 1. The van der Waals surface area contributed by atoms with E-state index in [0.29, 0.717) is 6.42 Å². The number of nitrogens with zero attached hydrogens (tertiary/aromatic N) is 3. The number of hydrogen-bond acceptors (Lipinski definition) is 6. The number of halogens is 1. The summed E-state index contributed by atoms with van der Waals surface area (Å²) in [7, 11) is -3.67. The van der Waals surface area contributed by atoms with Crippen LogP contribution in [0.4, 0.5) is 5.13 Å². The predicted molar refractivity (Wildman–Crippen MR) is 98.6 cm³/mol. The maximum absolute atomic E-state index is 12.3. The van der Waals surface area contributed by atoms with Gasteiger partial charge in [0.15, 0.2) is 5.13 Å². The van der Waals surface area contributed by atoms with Crippen LogP contribution in [-0.2, 0) is 16.4 Å². The number of rotatable bonds is 6. The van der Waals surface area contributed by atoms with Crippen LogP contribution in [0.15, 0.2) is 28.5 Å². The number of nitriles is 1. The van der Waals surface area contributed by atoms with Gasteiger partial charge in [0, 0.05) is 31.4 Å². The fourth-order valence-electron chi connectivity index (χ4n) is 2.62. The summed E-state index contributed by atoms with van der Waals surface area (Å²) in [6.45, 7) is 2.33. The Morgan fingerprint density at radius 1 is 1.36 bits per heavy atom. The van der Waals surface area contributed by atoms with Gasteiger partial charge < -0.3 is 4.90 Å². The van der Waals surface area contributed by atoms with E-state index in [4.69, 9.17) is 16.9 Å². The van der Waals surface area contributed by atoms with Gasteiger partial charge in [0.1, 0.15) is 6.07 Å². The van der Waals surface area contributed by atoms with Crippen molar-refractivity contribution in [3.8, 4) is 6.07 Å². The average Bonchev–Trinajstić information content (AvgIpc) is 3.26. The van der Waals surface area contributed by atoms with Crippen LogP contribution in [0.1, 0.15) is 24.1 Å². The highest BCUT2D eigenvalue weighted by molar-refractivity contribution is 7.89. The molecule has 0 unspecified atom stereocenters. The molecule has 0 radical (unpaired) electrons. The summed E-state index contributed by atoms with van der Waals surface area (Å²) in [6.07, 6.45) is 2.91. The Bertz CT molecular complexity index is 899. The van der Waals surface area contributed by atoms with Gasteiger partial charge in [-0.05, 0) is 31.0 Å². The standard InChI is InChI=1S/C16H17ClN4O2S2/c17-15-9-14(4-3-12(15)10-18)25(22,23)19-6-5-13-11-24-16(20-13)21-7-1-2-8-21/h3-4,9,11,19H,1-2,5-8H2.